The van der Waals surface area contributed by atoms with Crippen LogP contribution in [0, 0.1) is 6.92 Å². The van der Waals surface area contributed by atoms with E-state index >= 15 is 0 Å². The molecule has 2 aliphatic rings. The lowest BCUT2D eigenvalue weighted by Gasteiger charge is -2.40. The molecule has 0 radical (unpaired) electrons. The summed E-state index contributed by atoms with van der Waals surface area (Å²) in [5, 5.41) is 3.88. The smallest absolute Gasteiger partial charge is 0.272 e. The Morgan fingerprint density at radius 1 is 0.939 bits per heavy atom. The minimum atomic E-state index is -0.209. The summed E-state index contributed by atoms with van der Waals surface area (Å²) in [6.07, 6.45) is 6.56. The average molecular weight is 445 g/mol. The summed E-state index contributed by atoms with van der Waals surface area (Å²) < 4.78 is 0. The topological polar surface area (TPSA) is 68.4 Å². The molecule has 172 valence electrons. The Hall–Kier alpha value is -3.12. The maximum absolute atomic E-state index is 13.6. The highest BCUT2D eigenvalue weighted by Crippen LogP contribution is 2.30. The first-order valence-electron chi connectivity index (χ1n) is 12.1. The molecule has 2 N–H and O–H groups in total. The van der Waals surface area contributed by atoms with Crippen LogP contribution < -0.4 is 5.32 Å². The molecule has 6 nitrogen and oxygen atoms in total. The Morgan fingerprint density at radius 2 is 1.70 bits per heavy atom. The van der Waals surface area contributed by atoms with E-state index in [0.29, 0.717) is 23.0 Å². The molecular formula is C27H32N4O2. The van der Waals surface area contributed by atoms with Crippen molar-refractivity contribution in [2.75, 3.05) is 31.5 Å². The number of anilines is 1. The van der Waals surface area contributed by atoms with Crippen LogP contribution in [0.15, 0.2) is 48.5 Å². The molecule has 0 atom stereocenters. The molecule has 1 aliphatic heterocycles. The first-order chi connectivity index (χ1) is 16.1. The number of aryl methyl sites for hydroxylation is 1. The van der Waals surface area contributed by atoms with Gasteiger partial charge >= 0.3 is 0 Å². The van der Waals surface area contributed by atoms with E-state index in [-0.39, 0.29) is 11.8 Å². The number of para-hydroxylation sites is 1. The van der Waals surface area contributed by atoms with Crippen molar-refractivity contribution in [2.24, 2.45) is 0 Å². The van der Waals surface area contributed by atoms with Gasteiger partial charge in [0, 0.05) is 48.7 Å². The number of hydrogen-bond acceptors (Lipinski definition) is 3. The van der Waals surface area contributed by atoms with Gasteiger partial charge in [0.05, 0.1) is 5.69 Å². The molecule has 33 heavy (non-hydrogen) atoms. The Balaban J connectivity index is 1.36. The summed E-state index contributed by atoms with van der Waals surface area (Å²) >= 11 is 0. The van der Waals surface area contributed by atoms with Crippen molar-refractivity contribution in [1.82, 2.24) is 14.8 Å². The molecule has 2 amide bonds. The lowest BCUT2D eigenvalue weighted by Crippen LogP contribution is -2.52. The van der Waals surface area contributed by atoms with Crippen LogP contribution in [0.5, 0.6) is 0 Å². The molecule has 3 aromatic rings. The van der Waals surface area contributed by atoms with Gasteiger partial charge in [-0.15, -0.1) is 0 Å². The van der Waals surface area contributed by atoms with Crippen molar-refractivity contribution in [2.45, 2.75) is 45.1 Å². The van der Waals surface area contributed by atoms with E-state index in [0.717, 1.165) is 42.6 Å². The second-order valence-corrected chi connectivity index (χ2v) is 9.36. The minimum absolute atomic E-state index is 0.0472. The van der Waals surface area contributed by atoms with E-state index in [9.17, 15) is 9.59 Å². The van der Waals surface area contributed by atoms with Crippen molar-refractivity contribution in [3.05, 3.63) is 65.4 Å². The summed E-state index contributed by atoms with van der Waals surface area (Å²) in [6, 6.07) is 15.9. The molecule has 0 spiro atoms. The second kappa shape index (κ2) is 9.40. The third-order valence-corrected chi connectivity index (χ3v) is 7.13. The molecule has 1 aliphatic carbocycles. The number of amides is 2. The van der Waals surface area contributed by atoms with Crippen molar-refractivity contribution in [3.8, 4) is 0 Å². The number of aromatic nitrogens is 1. The van der Waals surface area contributed by atoms with Crippen LogP contribution in [-0.4, -0.2) is 58.8 Å². The van der Waals surface area contributed by atoms with E-state index in [4.69, 9.17) is 0 Å². The number of H-pyrrole nitrogens is 1. The van der Waals surface area contributed by atoms with Gasteiger partial charge in [-0.1, -0.05) is 55.2 Å². The monoisotopic (exact) mass is 444 g/mol. The summed E-state index contributed by atoms with van der Waals surface area (Å²) in [5.41, 5.74) is 3.48. The number of hydrogen-bond donors (Lipinski definition) is 2. The quantitative estimate of drug-likeness (QED) is 0.606. The molecule has 0 unspecified atom stereocenters. The number of carbonyl (C=O) groups excluding carboxylic acids is 2. The highest BCUT2D eigenvalue weighted by atomic mass is 16.2. The number of aromatic amines is 1. The van der Waals surface area contributed by atoms with Gasteiger partial charge in [0.1, 0.15) is 5.69 Å². The van der Waals surface area contributed by atoms with Crippen LogP contribution >= 0.6 is 0 Å². The fraction of sp³-hybridized carbons (Fsp3) is 0.407. The molecule has 0 bridgehead atoms. The molecule has 5 rings (SSSR count). The first kappa shape index (κ1) is 21.7. The molecular weight excluding hydrogens is 412 g/mol. The zero-order valence-corrected chi connectivity index (χ0v) is 19.3. The molecule has 6 heteroatoms. The Morgan fingerprint density at radius 3 is 2.45 bits per heavy atom. The fourth-order valence-electron chi connectivity index (χ4n) is 5.30. The standard InChI is InChI=1S/C27H32N4O2/c1-19-8-7-9-20(18-19)26(32)29-24-22-12-5-6-13-23(22)28-25(24)27(33)31-16-14-30(15-17-31)21-10-3-2-4-11-21/h5-9,12-13,18,21,28H,2-4,10-11,14-17H2,1H3,(H,29,32). The molecule has 2 heterocycles. The third-order valence-electron chi connectivity index (χ3n) is 7.13. The largest absolute Gasteiger partial charge is 0.349 e. The highest BCUT2D eigenvalue weighted by Gasteiger charge is 2.30. The Labute approximate surface area is 195 Å². The summed E-state index contributed by atoms with van der Waals surface area (Å²) in [5.74, 6) is -0.256. The van der Waals surface area contributed by atoms with Gasteiger partial charge in [-0.3, -0.25) is 14.5 Å². The lowest BCUT2D eigenvalue weighted by atomic mass is 9.94. The third kappa shape index (κ3) is 4.53. The lowest BCUT2D eigenvalue weighted by molar-refractivity contribution is 0.0520. The maximum atomic E-state index is 13.6. The van der Waals surface area contributed by atoms with Crippen molar-refractivity contribution in [3.63, 3.8) is 0 Å². The van der Waals surface area contributed by atoms with Crippen LogP contribution in [0.2, 0.25) is 0 Å². The molecule has 1 saturated heterocycles. The van der Waals surface area contributed by atoms with E-state index in [1.807, 2.05) is 54.3 Å². The number of benzene rings is 2. The number of rotatable bonds is 4. The van der Waals surface area contributed by atoms with Gasteiger partial charge in [-0.05, 0) is 38.0 Å². The van der Waals surface area contributed by atoms with E-state index in [2.05, 4.69) is 15.2 Å². The molecule has 2 aromatic carbocycles. The normalized spacial score (nSPS) is 17.9. The molecule has 1 aromatic heterocycles. The van der Waals surface area contributed by atoms with Crippen molar-refractivity contribution >= 4 is 28.4 Å². The van der Waals surface area contributed by atoms with E-state index < -0.39 is 0 Å². The maximum Gasteiger partial charge on any atom is 0.272 e. The van der Waals surface area contributed by atoms with Gasteiger partial charge in [-0.25, -0.2) is 0 Å². The van der Waals surface area contributed by atoms with Crippen LogP contribution in [0.25, 0.3) is 10.9 Å². The second-order valence-electron chi connectivity index (χ2n) is 9.36. The van der Waals surface area contributed by atoms with E-state index in [1.165, 1.54) is 32.1 Å². The summed E-state index contributed by atoms with van der Waals surface area (Å²) in [6.45, 7) is 5.24. The van der Waals surface area contributed by atoms with Crippen molar-refractivity contribution in [1.29, 1.82) is 0 Å². The predicted molar refractivity (Wildman–Crippen MR) is 132 cm³/mol. The SMILES string of the molecule is Cc1cccc(C(=O)Nc2c(C(=O)N3CCN(C4CCCCC4)CC3)[nH]c3ccccc23)c1. The molecule has 2 fully saturated rings. The summed E-state index contributed by atoms with van der Waals surface area (Å²) in [4.78, 5) is 34.4. The van der Waals surface area contributed by atoms with Crippen LogP contribution in [0.3, 0.4) is 0 Å². The zero-order valence-electron chi connectivity index (χ0n) is 19.3. The Bertz CT molecular complexity index is 1150. The number of fused-ring (bicyclic) bond motifs is 1. The van der Waals surface area contributed by atoms with Gasteiger partial charge in [0.2, 0.25) is 0 Å². The number of nitrogens with zero attached hydrogens (tertiary/aromatic N) is 2. The van der Waals surface area contributed by atoms with Crippen LogP contribution in [0.4, 0.5) is 5.69 Å². The van der Waals surface area contributed by atoms with Crippen LogP contribution in [0.1, 0.15) is 58.5 Å². The Kier molecular flexibility index (Phi) is 6.18. The highest BCUT2D eigenvalue weighted by molar-refractivity contribution is 6.15. The number of nitrogens with one attached hydrogen (secondary N) is 2. The van der Waals surface area contributed by atoms with Gasteiger partial charge < -0.3 is 15.2 Å². The van der Waals surface area contributed by atoms with Gasteiger partial charge in [-0.2, -0.15) is 0 Å². The van der Waals surface area contributed by atoms with Gasteiger partial charge in [0.25, 0.3) is 11.8 Å². The number of carbonyl (C=O) groups is 2. The predicted octanol–water partition coefficient (Wildman–Crippen LogP) is 4.82. The van der Waals surface area contributed by atoms with Gasteiger partial charge in [0.15, 0.2) is 0 Å². The van der Waals surface area contributed by atoms with Crippen LogP contribution in [-0.2, 0) is 0 Å². The zero-order chi connectivity index (χ0) is 22.8. The van der Waals surface area contributed by atoms with Crippen molar-refractivity contribution < 1.29 is 9.59 Å². The van der Waals surface area contributed by atoms with E-state index in [1.54, 1.807) is 6.07 Å². The number of piperazine rings is 1. The minimum Gasteiger partial charge on any atom is -0.349 e. The summed E-state index contributed by atoms with van der Waals surface area (Å²) in [7, 11) is 0. The fourth-order valence-corrected chi connectivity index (χ4v) is 5.30. The first-order valence-corrected chi connectivity index (χ1v) is 12.1. The average Bonchev–Trinajstić information content (AvgIpc) is 3.22. The molecule has 1 saturated carbocycles.